The summed E-state index contributed by atoms with van der Waals surface area (Å²) in [4.78, 5) is 14.5. The van der Waals surface area contributed by atoms with Crippen LogP contribution in [0.4, 0.5) is 0 Å². The van der Waals surface area contributed by atoms with E-state index in [1.807, 2.05) is 0 Å². The van der Waals surface area contributed by atoms with Crippen molar-refractivity contribution in [1.29, 1.82) is 0 Å². The van der Waals surface area contributed by atoms with Crippen LogP contribution >= 0.6 is 0 Å². The number of amides is 1. The lowest BCUT2D eigenvalue weighted by molar-refractivity contribution is -0.121. The highest BCUT2D eigenvalue weighted by Gasteiger charge is 2.29. The molecule has 0 atom stereocenters. The molecule has 2 heterocycles. The van der Waals surface area contributed by atoms with Crippen molar-refractivity contribution in [3.05, 3.63) is 0 Å². The average Bonchev–Trinajstić information content (AvgIpc) is 3.13. The van der Waals surface area contributed by atoms with Crippen LogP contribution in [0.15, 0.2) is 0 Å². The Bertz CT molecular complexity index is 522. The number of piperidine rings is 1. The lowest BCUT2D eigenvalue weighted by atomic mass is 10.0. The zero-order valence-electron chi connectivity index (χ0n) is 15.9. The molecular weight excluding hydrogens is 338 g/mol. The van der Waals surface area contributed by atoms with E-state index in [4.69, 9.17) is 0 Å². The van der Waals surface area contributed by atoms with Gasteiger partial charge in [-0.2, -0.15) is 0 Å². The van der Waals surface area contributed by atoms with Gasteiger partial charge in [0.2, 0.25) is 15.9 Å². The molecule has 0 aromatic heterocycles. The van der Waals surface area contributed by atoms with E-state index in [1.54, 1.807) is 4.31 Å². The maximum absolute atomic E-state index is 12.3. The topological polar surface area (TPSA) is 69.7 Å². The van der Waals surface area contributed by atoms with Crippen LogP contribution in [0.5, 0.6) is 0 Å². The van der Waals surface area contributed by atoms with Crippen molar-refractivity contribution in [1.82, 2.24) is 14.5 Å². The number of rotatable bonds is 9. The molecule has 0 aromatic carbocycles. The molecule has 0 radical (unpaired) electrons. The van der Waals surface area contributed by atoms with Crippen LogP contribution in [0.1, 0.15) is 65.2 Å². The highest BCUT2D eigenvalue weighted by atomic mass is 32.2. The SMILES string of the molecule is CC(C)(CNC(=O)CCCCS(=O)(=O)N1CCCCC1)N1CCCC1. The van der Waals surface area contributed by atoms with E-state index in [-0.39, 0.29) is 17.2 Å². The molecule has 1 amide bonds. The second-order valence-electron chi connectivity index (χ2n) is 8.02. The average molecular weight is 374 g/mol. The number of hydrogen-bond donors (Lipinski definition) is 1. The molecule has 2 rings (SSSR count). The maximum Gasteiger partial charge on any atom is 0.220 e. The van der Waals surface area contributed by atoms with Crippen LogP contribution in [0.2, 0.25) is 0 Å². The zero-order valence-corrected chi connectivity index (χ0v) is 16.7. The molecule has 2 aliphatic rings. The van der Waals surface area contributed by atoms with Gasteiger partial charge in [0.05, 0.1) is 5.75 Å². The number of nitrogens with one attached hydrogen (secondary N) is 1. The lowest BCUT2D eigenvalue weighted by Gasteiger charge is -2.35. The molecule has 7 heteroatoms. The molecule has 0 unspecified atom stereocenters. The summed E-state index contributed by atoms with van der Waals surface area (Å²) in [7, 11) is -3.13. The Morgan fingerprint density at radius 3 is 2.20 bits per heavy atom. The van der Waals surface area contributed by atoms with Gasteiger partial charge in [-0.15, -0.1) is 0 Å². The van der Waals surface area contributed by atoms with Crippen molar-refractivity contribution in [2.75, 3.05) is 38.5 Å². The van der Waals surface area contributed by atoms with E-state index >= 15 is 0 Å². The molecule has 0 aliphatic carbocycles. The van der Waals surface area contributed by atoms with Gasteiger partial charge in [-0.1, -0.05) is 6.42 Å². The Morgan fingerprint density at radius 1 is 0.960 bits per heavy atom. The van der Waals surface area contributed by atoms with Gasteiger partial charge in [0, 0.05) is 31.6 Å². The fourth-order valence-electron chi connectivity index (χ4n) is 3.68. The Labute approximate surface area is 153 Å². The third-order valence-corrected chi connectivity index (χ3v) is 7.40. The minimum Gasteiger partial charge on any atom is -0.354 e. The zero-order chi connectivity index (χ0) is 18.3. The van der Waals surface area contributed by atoms with Crippen LogP contribution < -0.4 is 5.32 Å². The minimum absolute atomic E-state index is 0.0102. The van der Waals surface area contributed by atoms with Gasteiger partial charge in [-0.05, 0) is 65.5 Å². The summed E-state index contributed by atoms with van der Waals surface area (Å²) in [5.74, 6) is 0.196. The number of carbonyl (C=O) groups is 1. The third-order valence-electron chi connectivity index (χ3n) is 5.44. The van der Waals surface area contributed by atoms with Gasteiger partial charge in [0.25, 0.3) is 0 Å². The van der Waals surface area contributed by atoms with Crippen molar-refractivity contribution >= 4 is 15.9 Å². The van der Waals surface area contributed by atoms with Crippen molar-refractivity contribution in [2.24, 2.45) is 0 Å². The van der Waals surface area contributed by atoms with Crippen molar-refractivity contribution < 1.29 is 13.2 Å². The monoisotopic (exact) mass is 373 g/mol. The third kappa shape index (κ3) is 6.53. The summed E-state index contributed by atoms with van der Waals surface area (Å²) < 4.78 is 26.1. The molecule has 0 spiro atoms. The number of sulfonamides is 1. The summed E-state index contributed by atoms with van der Waals surface area (Å²) in [6.45, 7) is 8.53. The van der Waals surface area contributed by atoms with Gasteiger partial charge < -0.3 is 5.32 Å². The summed E-state index contributed by atoms with van der Waals surface area (Å²) in [6.07, 6.45) is 7.13. The second kappa shape index (κ2) is 9.33. The van der Waals surface area contributed by atoms with E-state index in [0.717, 1.165) is 32.4 Å². The molecule has 0 bridgehead atoms. The van der Waals surface area contributed by atoms with Crippen LogP contribution in [-0.2, 0) is 14.8 Å². The van der Waals surface area contributed by atoms with Crippen molar-refractivity contribution in [2.45, 2.75) is 70.8 Å². The highest BCUT2D eigenvalue weighted by molar-refractivity contribution is 7.89. The quantitative estimate of drug-likeness (QED) is 0.627. The molecular formula is C18H35N3O3S. The minimum atomic E-state index is -3.13. The first-order valence-electron chi connectivity index (χ1n) is 9.81. The van der Waals surface area contributed by atoms with E-state index in [9.17, 15) is 13.2 Å². The van der Waals surface area contributed by atoms with Gasteiger partial charge in [0.1, 0.15) is 0 Å². The fourth-order valence-corrected chi connectivity index (χ4v) is 5.32. The Kier molecular flexibility index (Phi) is 7.70. The number of carbonyl (C=O) groups excluding carboxylic acids is 1. The summed E-state index contributed by atoms with van der Waals surface area (Å²) in [6, 6.07) is 0. The molecule has 2 fully saturated rings. The van der Waals surface area contributed by atoms with Crippen LogP contribution in [0.3, 0.4) is 0 Å². The maximum atomic E-state index is 12.3. The van der Waals surface area contributed by atoms with Crippen LogP contribution in [0, 0.1) is 0 Å². The molecule has 2 aliphatic heterocycles. The summed E-state index contributed by atoms with van der Waals surface area (Å²) >= 11 is 0. The first-order chi connectivity index (χ1) is 11.8. The Hall–Kier alpha value is -0.660. The number of unbranched alkanes of at least 4 members (excludes halogenated alkanes) is 1. The predicted molar refractivity (Wildman–Crippen MR) is 101 cm³/mol. The number of likely N-dealkylation sites (tertiary alicyclic amines) is 1. The lowest BCUT2D eigenvalue weighted by Crippen LogP contribution is -2.50. The Morgan fingerprint density at radius 2 is 1.56 bits per heavy atom. The molecule has 2 saturated heterocycles. The molecule has 1 N–H and O–H groups in total. The fraction of sp³-hybridized carbons (Fsp3) is 0.944. The van der Waals surface area contributed by atoms with Gasteiger partial charge in [-0.3, -0.25) is 9.69 Å². The van der Waals surface area contributed by atoms with Crippen LogP contribution in [-0.4, -0.2) is 67.5 Å². The van der Waals surface area contributed by atoms with E-state index < -0.39 is 10.0 Å². The van der Waals surface area contributed by atoms with E-state index in [0.29, 0.717) is 38.9 Å². The first kappa shape index (κ1) is 20.6. The summed E-state index contributed by atoms with van der Waals surface area (Å²) in [5, 5.41) is 3.02. The molecule has 0 aromatic rings. The first-order valence-corrected chi connectivity index (χ1v) is 11.4. The van der Waals surface area contributed by atoms with E-state index in [1.165, 1.54) is 12.8 Å². The number of hydrogen-bond acceptors (Lipinski definition) is 4. The molecule has 25 heavy (non-hydrogen) atoms. The van der Waals surface area contributed by atoms with Gasteiger partial charge in [-0.25, -0.2) is 12.7 Å². The van der Waals surface area contributed by atoms with Gasteiger partial charge in [0.15, 0.2) is 0 Å². The smallest absolute Gasteiger partial charge is 0.220 e. The van der Waals surface area contributed by atoms with Gasteiger partial charge >= 0.3 is 0 Å². The normalized spacial score (nSPS) is 20.7. The highest BCUT2D eigenvalue weighted by Crippen LogP contribution is 2.20. The molecule has 6 nitrogen and oxygen atoms in total. The van der Waals surface area contributed by atoms with Crippen molar-refractivity contribution in [3.8, 4) is 0 Å². The van der Waals surface area contributed by atoms with Crippen LogP contribution in [0.25, 0.3) is 0 Å². The molecule has 0 saturated carbocycles. The second-order valence-corrected chi connectivity index (χ2v) is 10.1. The summed E-state index contributed by atoms with van der Waals surface area (Å²) in [5.41, 5.74) is -0.0102. The van der Waals surface area contributed by atoms with Crippen molar-refractivity contribution in [3.63, 3.8) is 0 Å². The predicted octanol–water partition coefficient (Wildman–Crippen LogP) is 1.96. The molecule has 146 valence electrons. The standard InChI is InChI=1S/C18H35N3O3S/c1-18(2,20-11-7-8-12-20)16-19-17(22)10-4-9-15-25(23,24)21-13-5-3-6-14-21/h3-16H2,1-2H3,(H,19,22). The van der Waals surface area contributed by atoms with E-state index in [2.05, 4.69) is 24.1 Å². The largest absolute Gasteiger partial charge is 0.354 e. The number of nitrogens with zero attached hydrogens (tertiary/aromatic N) is 2. The Balaban J connectivity index is 1.61.